The highest BCUT2D eigenvalue weighted by molar-refractivity contribution is 5.90. The Kier molecular flexibility index (Phi) is 7.11. The molecule has 2 heterocycles. The number of fused-ring (bicyclic) bond motifs is 1. The minimum absolute atomic E-state index is 0.111. The monoisotopic (exact) mass is 453 g/mol. The van der Waals surface area contributed by atoms with Gasteiger partial charge < -0.3 is 35.3 Å². The third-order valence-corrected chi connectivity index (χ3v) is 5.46. The number of hydrogen-bond donors (Lipinski definition) is 4. The molecule has 0 fully saturated rings. The Morgan fingerprint density at radius 3 is 2.67 bits per heavy atom. The zero-order chi connectivity index (χ0) is 23.2. The van der Waals surface area contributed by atoms with Crippen molar-refractivity contribution in [1.82, 2.24) is 10.6 Å². The van der Waals surface area contributed by atoms with Gasteiger partial charge in [0.25, 0.3) is 0 Å². The Labute approximate surface area is 191 Å². The smallest absolute Gasteiger partial charge is 0.319 e. The van der Waals surface area contributed by atoms with Crippen molar-refractivity contribution in [1.29, 1.82) is 0 Å². The lowest BCUT2D eigenvalue weighted by Gasteiger charge is -2.31. The van der Waals surface area contributed by atoms with Crippen LogP contribution in [0.1, 0.15) is 24.9 Å². The van der Waals surface area contributed by atoms with Gasteiger partial charge in [-0.1, -0.05) is 42.5 Å². The molecule has 0 radical (unpaired) electrons. The summed E-state index contributed by atoms with van der Waals surface area (Å²) in [4.78, 5) is 24.9. The molecule has 0 aromatic heterocycles. The summed E-state index contributed by atoms with van der Waals surface area (Å²) in [7, 11) is 0. The van der Waals surface area contributed by atoms with Crippen LogP contribution in [0.5, 0.6) is 11.5 Å². The number of anilines is 1. The van der Waals surface area contributed by atoms with E-state index in [0.717, 1.165) is 5.56 Å². The van der Waals surface area contributed by atoms with Crippen LogP contribution >= 0.6 is 0 Å². The van der Waals surface area contributed by atoms with E-state index < -0.39 is 24.3 Å². The largest absolute Gasteiger partial charge is 0.454 e. The van der Waals surface area contributed by atoms with Gasteiger partial charge in [-0.3, -0.25) is 4.79 Å². The highest BCUT2D eigenvalue weighted by atomic mass is 16.7. The fourth-order valence-corrected chi connectivity index (χ4v) is 3.74. The standard InChI is InChI=1S/C24H27N3O6/c1-15(16-5-3-2-4-6-16)25-23(29)12-18-8-9-19(22(13-28)33-18)27-24(30)26-17-7-10-20-21(11-17)32-14-31-20/h2-11,15,18-19,22,28H,12-14H2,1H3,(H,25,29)(H2,26,27,30)/t15-,18+,19+,22-/m1/s1. The number of aliphatic hydroxyl groups is 1. The molecular formula is C24H27N3O6. The fourth-order valence-electron chi connectivity index (χ4n) is 3.74. The van der Waals surface area contributed by atoms with Gasteiger partial charge in [-0.25, -0.2) is 4.79 Å². The molecule has 9 nitrogen and oxygen atoms in total. The Bertz CT molecular complexity index is 1010. The molecule has 4 N–H and O–H groups in total. The summed E-state index contributed by atoms with van der Waals surface area (Å²) in [5, 5.41) is 18.2. The van der Waals surface area contributed by atoms with Crippen LogP contribution in [-0.4, -0.2) is 48.7 Å². The van der Waals surface area contributed by atoms with E-state index in [9.17, 15) is 14.7 Å². The lowest BCUT2D eigenvalue weighted by molar-refractivity contribution is -0.125. The zero-order valence-corrected chi connectivity index (χ0v) is 18.2. The van der Waals surface area contributed by atoms with Crippen molar-refractivity contribution < 1.29 is 28.9 Å². The highest BCUT2D eigenvalue weighted by Crippen LogP contribution is 2.34. The summed E-state index contributed by atoms with van der Waals surface area (Å²) < 4.78 is 16.4. The van der Waals surface area contributed by atoms with Crippen LogP contribution in [0.25, 0.3) is 0 Å². The molecule has 2 aromatic carbocycles. The van der Waals surface area contributed by atoms with Crippen LogP contribution in [0.2, 0.25) is 0 Å². The molecule has 174 valence electrons. The summed E-state index contributed by atoms with van der Waals surface area (Å²) in [6.07, 6.45) is 2.40. The normalized spacial score (nSPS) is 21.8. The summed E-state index contributed by atoms with van der Waals surface area (Å²) in [6.45, 7) is 1.76. The van der Waals surface area contributed by atoms with E-state index >= 15 is 0 Å². The van der Waals surface area contributed by atoms with Gasteiger partial charge in [-0.05, 0) is 24.6 Å². The van der Waals surface area contributed by atoms with Gasteiger partial charge in [-0.2, -0.15) is 0 Å². The number of aliphatic hydroxyl groups excluding tert-OH is 1. The van der Waals surface area contributed by atoms with Crippen LogP contribution in [0, 0.1) is 0 Å². The van der Waals surface area contributed by atoms with Crippen molar-refractivity contribution in [2.24, 2.45) is 0 Å². The Balaban J connectivity index is 1.29. The lowest BCUT2D eigenvalue weighted by atomic mass is 10.0. The van der Waals surface area contributed by atoms with Gasteiger partial charge in [0.15, 0.2) is 11.5 Å². The predicted octanol–water partition coefficient (Wildman–Crippen LogP) is 2.49. The SMILES string of the molecule is C[C@@H](NC(=O)C[C@@H]1C=C[C@H](NC(=O)Nc2ccc3c(c2)OCO3)[C@@H](CO)O1)c1ccccc1. The minimum atomic E-state index is -0.679. The van der Waals surface area contributed by atoms with Crippen molar-refractivity contribution in [3.63, 3.8) is 0 Å². The summed E-state index contributed by atoms with van der Waals surface area (Å²) in [5.74, 6) is 1.02. The van der Waals surface area contributed by atoms with Crippen molar-refractivity contribution >= 4 is 17.6 Å². The Morgan fingerprint density at radius 1 is 1.09 bits per heavy atom. The van der Waals surface area contributed by atoms with Crippen LogP contribution < -0.4 is 25.4 Å². The number of nitrogens with one attached hydrogen (secondary N) is 3. The molecule has 0 saturated carbocycles. The molecule has 2 aromatic rings. The van der Waals surface area contributed by atoms with E-state index in [-0.39, 0.29) is 31.8 Å². The van der Waals surface area contributed by atoms with E-state index in [0.29, 0.717) is 17.2 Å². The number of amides is 3. The molecule has 0 spiro atoms. The second-order valence-electron chi connectivity index (χ2n) is 7.88. The molecule has 4 rings (SSSR count). The maximum Gasteiger partial charge on any atom is 0.319 e. The molecule has 3 amide bonds. The first kappa shape index (κ1) is 22.6. The molecular weight excluding hydrogens is 426 g/mol. The number of hydrogen-bond acceptors (Lipinski definition) is 6. The van der Waals surface area contributed by atoms with Gasteiger partial charge in [0.1, 0.15) is 6.10 Å². The van der Waals surface area contributed by atoms with Crippen molar-refractivity contribution in [3.8, 4) is 11.5 Å². The number of rotatable bonds is 7. The molecule has 0 bridgehead atoms. The molecule has 2 aliphatic heterocycles. The maximum atomic E-state index is 12.4. The predicted molar refractivity (Wildman–Crippen MR) is 121 cm³/mol. The first-order valence-electron chi connectivity index (χ1n) is 10.8. The molecule has 0 aliphatic carbocycles. The fraction of sp³-hybridized carbons (Fsp3) is 0.333. The first-order valence-corrected chi connectivity index (χ1v) is 10.8. The second kappa shape index (κ2) is 10.4. The minimum Gasteiger partial charge on any atom is -0.454 e. The number of urea groups is 1. The Morgan fingerprint density at radius 2 is 1.88 bits per heavy atom. The molecule has 2 aliphatic rings. The van der Waals surface area contributed by atoms with Gasteiger partial charge in [0.05, 0.1) is 31.2 Å². The van der Waals surface area contributed by atoms with Gasteiger partial charge in [0, 0.05) is 11.8 Å². The number of ether oxygens (including phenoxy) is 3. The third-order valence-electron chi connectivity index (χ3n) is 5.46. The second-order valence-corrected chi connectivity index (χ2v) is 7.88. The van der Waals surface area contributed by atoms with Crippen molar-refractivity contribution in [2.45, 2.75) is 37.6 Å². The number of carbonyl (C=O) groups excluding carboxylic acids is 2. The van der Waals surface area contributed by atoms with Gasteiger partial charge in [0.2, 0.25) is 12.7 Å². The summed E-state index contributed by atoms with van der Waals surface area (Å²) in [6, 6.07) is 13.6. The number of carbonyl (C=O) groups is 2. The molecule has 9 heteroatoms. The van der Waals surface area contributed by atoms with Crippen LogP contribution in [0.3, 0.4) is 0 Å². The van der Waals surface area contributed by atoms with Crippen molar-refractivity contribution in [3.05, 3.63) is 66.2 Å². The van der Waals surface area contributed by atoms with Gasteiger partial charge >= 0.3 is 6.03 Å². The first-order chi connectivity index (χ1) is 16.0. The number of benzene rings is 2. The van der Waals surface area contributed by atoms with E-state index in [1.54, 1.807) is 30.4 Å². The molecule has 33 heavy (non-hydrogen) atoms. The Hall–Kier alpha value is -3.56. The average Bonchev–Trinajstić information content (AvgIpc) is 3.28. The van der Waals surface area contributed by atoms with E-state index in [1.807, 2.05) is 37.3 Å². The van der Waals surface area contributed by atoms with E-state index in [1.165, 1.54) is 0 Å². The molecule has 0 saturated heterocycles. The summed E-state index contributed by atoms with van der Waals surface area (Å²) >= 11 is 0. The average molecular weight is 453 g/mol. The highest BCUT2D eigenvalue weighted by Gasteiger charge is 2.29. The van der Waals surface area contributed by atoms with Crippen LogP contribution in [0.4, 0.5) is 10.5 Å². The maximum absolute atomic E-state index is 12.4. The molecule has 4 atom stereocenters. The zero-order valence-electron chi connectivity index (χ0n) is 18.2. The van der Waals surface area contributed by atoms with Crippen LogP contribution in [-0.2, 0) is 9.53 Å². The van der Waals surface area contributed by atoms with Crippen LogP contribution in [0.15, 0.2) is 60.7 Å². The lowest BCUT2D eigenvalue weighted by Crippen LogP contribution is -2.50. The molecule has 0 unspecified atom stereocenters. The quantitative estimate of drug-likeness (QED) is 0.479. The topological polar surface area (TPSA) is 118 Å². The van der Waals surface area contributed by atoms with E-state index in [2.05, 4.69) is 16.0 Å². The summed E-state index contributed by atoms with van der Waals surface area (Å²) in [5.41, 5.74) is 1.55. The van der Waals surface area contributed by atoms with Gasteiger partial charge in [-0.15, -0.1) is 0 Å². The third kappa shape index (κ3) is 5.82. The van der Waals surface area contributed by atoms with Crippen molar-refractivity contribution in [2.75, 3.05) is 18.7 Å². The van der Waals surface area contributed by atoms with E-state index in [4.69, 9.17) is 14.2 Å².